The predicted octanol–water partition coefficient (Wildman–Crippen LogP) is 2.59. The number of hydrogen-bond donors (Lipinski definition) is 0. The molecule has 0 radical (unpaired) electrons. The largest absolute Gasteiger partial charge is 0.401 e. The van der Waals surface area contributed by atoms with Crippen LogP contribution in [0, 0.1) is 5.92 Å². The summed E-state index contributed by atoms with van der Waals surface area (Å²) in [5, 5.41) is 0.965. The summed E-state index contributed by atoms with van der Waals surface area (Å²) < 4.78 is 36.6. The Morgan fingerprint density at radius 2 is 1.65 bits per heavy atom. The van der Waals surface area contributed by atoms with E-state index in [1.807, 2.05) is 0 Å². The number of piperazine rings is 1. The van der Waals surface area contributed by atoms with Crippen molar-refractivity contribution >= 4 is 15.9 Å². The van der Waals surface area contributed by atoms with Gasteiger partial charge in [0.15, 0.2) is 0 Å². The molecule has 1 fully saturated rings. The van der Waals surface area contributed by atoms with Crippen molar-refractivity contribution in [3.63, 3.8) is 0 Å². The molecule has 1 atom stereocenters. The molecule has 1 heterocycles. The molecule has 0 aromatic carbocycles. The molecule has 1 rings (SSSR count). The zero-order valence-electron chi connectivity index (χ0n) is 10.1. The fraction of sp³-hybridized carbons (Fsp3) is 1.00. The molecule has 1 aliphatic rings. The summed E-state index contributed by atoms with van der Waals surface area (Å²) in [5.74, 6) is 0.601. The van der Waals surface area contributed by atoms with Crippen LogP contribution in [0.15, 0.2) is 0 Å². The first-order valence-corrected chi connectivity index (χ1v) is 7.14. The molecule has 0 bridgehead atoms. The van der Waals surface area contributed by atoms with Crippen molar-refractivity contribution in [2.45, 2.75) is 19.5 Å². The van der Waals surface area contributed by atoms with E-state index in [0.29, 0.717) is 19.0 Å². The Balaban J connectivity index is 2.26. The molecule has 6 heteroatoms. The first-order chi connectivity index (χ1) is 7.94. The maximum Gasteiger partial charge on any atom is 0.401 e. The van der Waals surface area contributed by atoms with Gasteiger partial charge in [0.05, 0.1) is 6.54 Å². The molecule has 0 aromatic rings. The topological polar surface area (TPSA) is 6.48 Å². The van der Waals surface area contributed by atoms with Crippen LogP contribution in [0.3, 0.4) is 0 Å². The monoisotopic (exact) mass is 316 g/mol. The summed E-state index contributed by atoms with van der Waals surface area (Å²) in [4.78, 5) is 3.76. The number of hydrogen-bond acceptors (Lipinski definition) is 2. The highest BCUT2D eigenvalue weighted by Gasteiger charge is 2.32. The average molecular weight is 317 g/mol. The Morgan fingerprint density at radius 1 is 1.12 bits per heavy atom. The molecule has 0 saturated carbocycles. The summed E-state index contributed by atoms with van der Waals surface area (Å²) in [5.41, 5.74) is 0. The molecule has 1 saturated heterocycles. The van der Waals surface area contributed by atoms with Crippen LogP contribution in [-0.4, -0.2) is 60.6 Å². The van der Waals surface area contributed by atoms with Gasteiger partial charge in [0.25, 0.3) is 0 Å². The number of nitrogens with zero attached hydrogens (tertiary/aromatic N) is 2. The van der Waals surface area contributed by atoms with E-state index >= 15 is 0 Å². The SMILES string of the molecule is CCC(CBr)CN1CCN(CC(F)(F)F)CC1. The maximum absolute atomic E-state index is 12.2. The second kappa shape index (κ2) is 6.95. The zero-order valence-corrected chi connectivity index (χ0v) is 11.7. The van der Waals surface area contributed by atoms with Gasteiger partial charge < -0.3 is 4.90 Å². The minimum Gasteiger partial charge on any atom is -0.300 e. The standard InChI is InChI=1S/C11H20BrF3N2/c1-2-10(7-12)8-16-3-5-17(6-4-16)9-11(13,14)15/h10H,2-9H2,1H3. The van der Waals surface area contributed by atoms with E-state index < -0.39 is 12.7 Å². The van der Waals surface area contributed by atoms with Gasteiger partial charge in [0, 0.05) is 38.1 Å². The van der Waals surface area contributed by atoms with E-state index in [1.165, 1.54) is 4.90 Å². The summed E-state index contributed by atoms with van der Waals surface area (Å²) in [7, 11) is 0. The fourth-order valence-corrected chi connectivity index (χ4v) is 2.70. The highest BCUT2D eigenvalue weighted by atomic mass is 79.9. The van der Waals surface area contributed by atoms with Gasteiger partial charge in [-0.15, -0.1) is 0 Å². The van der Waals surface area contributed by atoms with E-state index in [1.54, 1.807) is 0 Å². The summed E-state index contributed by atoms with van der Waals surface area (Å²) >= 11 is 3.47. The van der Waals surface area contributed by atoms with Crippen LogP contribution in [0.4, 0.5) is 13.2 Å². The zero-order chi connectivity index (χ0) is 12.9. The number of rotatable bonds is 5. The highest BCUT2D eigenvalue weighted by Crippen LogP contribution is 2.18. The number of halogens is 4. The van der Waals surface area contributed by atoms with Crippen molar-refractivity contribution < 1.29 is 13.2 Å². The van der Waals surface area contributed by atoms with E-state index in [4.69, 9.17) is 0 Å². The van der Waals surface area contributed by atoms with Crippen molar-refractivity contribution in [3.05, 3.63) is 0 Å². The lowest BCUT2D eigenvalue weighted by Crippen LogP contribution is -2.50. The lowest BCUT2D eigenvalue weighted by atomic mass is 10.1. The third-order valence-corrected chi connectivity index (χ3v) is 4.10. The third kappa shape index (κ3) is 6.06. The molecule has 0 spiro atoms. The third-order valence-electron chi connectivity index (χ3n) is 3.18. The molecule has 1 unspecified atom stereocenters. The minimum absolute atomic E-state index is 0.526. The van der Waals surface area contributed by atoms with Crippen LogP contribution < -0.4 is 0 Å². The van der Waals surface area contributed by atoms with Gasteiger partial charge in [-0.1, -0.05) is 29.3 Å². The average Bonchev–Trinajstić information content (AvgIpc) is 2.26. The predicted molar refractivity (Wildman–Crippen MR) is 66.5 cm³/mol. The Hall–Kier alpha value is 0.190. The van der Waals surface area contributed by atoms with Gasteiger partial charge in [0.1, 0.15) is 0 Å². The van der Waals surface area contributed by atoms with Crippen molar-refractivity contribution in [3.8, 4) is 0 Å². The summed E-state index contributed by atoms with van der Waals surface area (Å²) in [6.07, 6.45) is -2.96. The lowest BCUT2D eigenvalue weighted by Gasteiger charge is -2.36. The van der Waals surface area contributed by atoms with Gasteiger partial charge in [-0.3, -0.25) is 4.90 Å². The van der Waals surface area contributed by atoms with Crippen molar-refractivity contribution in [2.24, 2.45) is 5.92 Å². The lowest BCUT2D eigenvalue weighted by molar-refractivity contribution is -0.149. The first-order valence-electron chi connectivity index (χ1n) is 6.02. The Kier molecular flexibility index (Phi) is 6.23. The minimum atomic E-state index is -4.07. The second-order valence-electron chi connectivity index (χ2n) is 4.62. The van der Waals surface area contributed by atoms with E-state index in [2.05, 4.69) is 27.8 Å². The smallest absolute Gasteiger partial charge is 0.300 e. The van der Waals surface area contributed by atoms with E-state index in [-0.39, 0.29) is 0 Å². The van der Waals surface area contributed by atoms with Gasteiger partial charge >= 0.3 is 6.18 Å². The fourth-order valence-electron chi connectivity index (χ4n) is 2.04. The van der Waals surface area contributed by atoms with Crippen LogP contribution in [-0.2, 0) is 0 Å². The van der Waals surface area contributed by atoms with Crippen molar-refractivity contribution in [2.75, 3.05) is 44.6 Å². The van der Waals surface area contributed by atoms with Gasteiger partial charge in [-0.2, -0.15) is 13.2 Å². The summed E-state index contributed by atoms with van der Waals surface area (Å²) in [6.45, 7) is 4.92. The molecule has 0 aliphatic carbocycles. The highest BCUT2D eigenvalue weighted by molar-refractivity contribution is 9.09. The Labute approximate surface area is 109 Å². The van der Waals surface area contributed by atoms with Gasteiger partial charge in [-0.05, 0) is 5.92 Å². The maximum atomic E-state index is 12.2. The second-order valence-corrected chi connectivity index (χ2v) is 5.27. The van der Waals surface area contributed by atoms with Gasteiger partial charge in [-0.25, -0.2) is 0 Å². The molecule has 17 heavy (non-hydrogen) atoms. The molecule has 0 aromatic heterocycles. The number of alkyl halides is 4. The van der Waals surface area contributed by atoms with Crippen molar-refractivity contribution in [1.29, 1.82) is 0 Å². The molecule has 2 nitrogen and oxygen atoms in total. The molecule has 1 aliphatic heterocycles. The van der Waals surface area contributed by atoms with Crippen molar-refractivity contribution in [1.82, 2.24) is 9.80 Å². The van der Waals surface area contributed by atoms with Crippen LogP contribution in [0.25, 0.3) is 0 Å². The van der Waals surface area contributed by atoms with Crippen LogP contribution in [0.2, 0.25) is 0 Å². The van der Waals surface area contributed by atoms with Crippen LogP contribution in [0.1, 0.15) is 13.3 Å². The summed E-state index contributed by atoms with van der Waals surface area (Å²) in [6, 6.07) is 0. The van der Waals surface area contributed by atoms with E-state index in [9.17, 15) is 13.2 Å². The van der Waals surface area contributed by atoms with E-state index in [0.717, 1.165) is 31.4 Å². The molecule has 0 N–H and O–H groups in total. The quantitative estimate of drug-likeness (QED) is 0.719. The normalized spacial score (nSPS) is 21.7. The first kappa shape index (κ1) is 15.2. The molecule has 0 amide bonds. The van der Waals surface area contributed by atoms with Crippen LogP contribution >= 0.6 is 15.9 Å². The van der Waals surface area contributed by atoms with Gasteiger partial charge in [0.2, 0.25) is 0 Å². The molecular weight excluding hydrogens is 297 g/mol. The Bertz CT molecular complexity index is 211. The molecular formula is C11H20BrF3N2. The Morgan fingerprint density at radius 3 is 2.06 bits per heavy atom. The van der Waals surface area contributed by atoms with Crippen LogP contribution in [0.5, 0.6) is 0 Å². The molecule has 102 valence electrons.